The van der Waals surface area contributed by atoms with Crippen LogP contribution in [0.25, 0.3) is 11.3 Å². The van der Waals surface area contributed by atoms with Crippen LogP contribution >= 0.6 is 0 Å². The number of aromatic nitrogens is 2. The van der Waals surface area contributed by atoms with Gasteiger partial charge in [0.15, 0.2) is 0 Å². The van der Waals surface area contributed by atoms with E-state index >= 15 is 0 Å². The van der Waals surface area contributed by atoms with Gasteiger partial charge in [-0.1, -0.05) is 11.2 Å². The molecule has 2 rings (SSSR count). The highest BCUT2D eigenvalue weighted by Gasteiger charge is 2.12. The zero-order chi connectivity index (χ0) is 9.26. The number of hydrogen-bond donors (Lipinski definition) is 1. The Labute approximate surface area is 75.4 Å². The van der Waals surface area contributed by atoms with Gasteiger partial charge in [-0.3, -0.25) is 4.98 Å². The Balaban J connectivity index is 2.59. The maximum absolute atomic E-state index is 5.60. The second kappa shape index (κ2) is 2.90. The summed E-state index contributed by atoms with van der Waals surface area (Å²) in [5.41, 5.74) is 7.93. The number of nitrogens with two attached hydrogens (primary N) is 1. The third kappa shape index (κ3) is 1.26. The summed E-state index contributed by atoms with van der Waals surface area (Å²) in [7, 11) is 0. The predicted molar refractivity (Wildman–Crippen MR) is 48.9 cm³/mol. The van der Waals surface area contributed by atoms with Crippen molar-refractivity contribution in [1.29, 1.82) is 0 Å². The Kier molecular flexibility index (Phi) is 1.73. The summed E-state index contributed by atoms with van der Waals surface area (Å²) in [6.07, 6.45) is 1.71. The molecule has 0 atom stereocenters. The van der Waals surface area contributed by atoms with Gasteiger partial charge in [-0.05, 0) is 19.1 Å². The summed E-state index contributed by atoms with van der Waals surface area (Å²) in [6.45, 7) is 1.84. The molecule has 0 amide bonds. The Hall–Kier alpha value is -1.84. The lowest BCUT2D eigenvalue weighted by Gasteiger charge is -1.96. The molecule has 0 radical (unpaired) electrons. The van der Waals surface area contributed by atoms with Crippen LogP contribution in [0.15, 0.2) is 28.9 Å². The lowest BCUT2D eigenvalue weighted by molar-refractivity contribution is 0.431. The van der Waals surface area contributed by atoms with E-state index in [0.717, 1.165) is 17.0 Å². The highest BCUT2D eigenvalue weighted by molar-refractivity contribution is 5.71. The number of rotatable bonds is 1. The van der Waals surface area contributed by atoms with E-state index in [0.29, 0.717) is 5.88 Å². The molecule has 4 heteroatoms. The summed E-state index contributed by atoms with van der Waals surface area (Å²) in [6, 6.07) is 5.62. The lowest BCUT2D eigenvalue weighted by atomic mass is 10.1. The van der Waals surface area contributed by atoms with Crippen molar-refractivity contribution in [2.75, 3.05) is 5.73 Å². The molecule has 2 heterocycles. The molecular weight excluding hydrogens is 166 g/mol. The Morgan fingerprint density at radius 1 is 1.38 bits per heavy atom. The molecule has 0 bridgehead atoms. The number of pyridine rings is 1. The molecule has 0 spiro atoms. The minimum atomic E-state index is 0.316. The van der Waals surface area contributed by atoms with Crippen LogP contribution in [0.1, 0.15) is 5.69 Å². The van der Waals surface area contributed by atoms with Crippen molar-refractivity contribution in [3.05, 3.63) is 30.1 Å². The highest BCUT2D eigenvalue weighted by atomic mass is 16.5. The fraction of sp³-hybridized carbons (Fsp3) is 0.111. The minimum absolute atomic E-state index is 0.316. The number of aryl methyl sites for hydroxylation is 1. The molecular formula is C9H9N3O. The fourth-order valence-corrected chi connectivity index (χ4v) is 1.21. The topological polar surface area (TPSA) is 64.9 Å². The van der Waals surface area contributed by atoms with Gasteiger partial charge in [0.05, 0.1) is 17.0 Å². The van der Waals surface area contributed by atoms with Gasteiger partial charge in [0.25, 0.3) is 0 Å². The fourth-order valence-electron chi connectivity index (χ4n) is 1.21. The molecule has 0 aliphatic heterocycles. The van der Waals surface area contributed by atoms with Gasteiger partial charge in [-0.15, -0.1) is 0 Å². The van der Waals surface area contributed by atoms with Crippen LogP contribution in [0.2, 0.25) is 0 Å². The van der Waals surface area contributed by atoms with Crippen LogP contribution in [-0.4, -0.2) is 10.1 Å². The van der Waals surface area contributed by atoms with Crippen LogP contribution in [0.5, 0.6) is 0 Å². The van der Waals surface area contributed by atoms with Crippen LogP contribution in [0, 0.1) is 6.92 Å². The van der Waals surface area contributed by atoms with E-state index in [2.05, 4.69) is 10.1 Å². The van der Waals surface area contributed by atoms with Gasteiger partial charge in [-0.2, -0.15) is 0 Å². The van der Waals surface area contributed by atoms with E-state index in [-0.39, 0.29) is 0 Å². The molecule has 0 aliphatic carbocycles. The van der Waals surface area contributed by atoms with Crippen LogP contribution < -0.4 is 5.73 Å². The smallest absolute Gasteiger partial charge is 0.231 e. The molecule has 0 saturated carbocycles. The van der Waals surface area contributed by atoms with Gasteiger partial charge in [-0.25, -0.2) is 0 Å². The van der Waals surface area contributed by atoms with Crippen LogP contribution in [0.4, 0.5) is 5.88 Å². The highest BCUT2D eigenvalue weighted by Crippen LogP contribution is 2.26. The normalized spacial score (nSPS) is 10.2. The quantitative estimate of drug-likeness (QED) is 0.715. The van der Waals surface area contributed by atoms with Crippen molar-refractivity contribution < 1.29 is 4.52 Å². The van der Waals surface area contributed by atoms with Crippen molar-refractivity contribution in [3.63, 3.8) is 0 Å². The zero-order valence-corrected chi connectivity index (χ0v) is 7.19. The van der Waals surface area contributed by atoms with Crippen LogP contribution in [0.3, 0.4) is 0 Å². The van der Waals surface area contributed by atoms with Gasteiger partial charge >= 0.3 is 0 Å². The number of nitrogens with zero attached hydrogens (tertiary/aromatic N) is 2. The monoisotopic (exact) mass is 175 g/mol. The first-order valence-electron chi connectivity index (χ1n) is 3.92. The molecule has 2 aromatic rings. The molecule has 2 aromatic heterocycles. The molecule has 0 unspecified atom stereocenters. The van der Waals surface area contributed by atoms with Crippen LogP contribution in [-0.2, 0) is 0 Å². The molecule has 0 saturated heterocycles. The molecule has 13 heavy (non-hydrogen) atoms. The molecule has 0 aliphatic rings. The minimum Gasteiger partial charge on any atom is -0.367 e. The van der Waals surface area contributed by atoms with E-state index in [9.17, 15) is 0 Å². The summed E-state index contributed by atoms with van der Waals surface area (Å²) in [4.78, 5) is 4.16. The maximum Gasteiger partial charge on any atom is 0.231 e. The summed E-state index contributed by atoms with van der Waals surface area (Å²) in [5.74, 6) is 0.316. The van der Waals surface area contributed by atoms with Crippen molar-refractivity contribution in [3.8, 4) is 11.3 Å². The average molecular weight is 175 g/mol. The van der Waals surface area contributed by atoms with Crippen molar-refractivity contribution in [2.24, 2.45) is 0 Å². The maximum atomic E-state index is 5.60. The molecule has 0 fully saturated rings. The second-order valence-electron chi connectivity index (χ2n) is 2.72. The average Bonchev–Trinajstić information content (AvgIpc) is 2.48. The van der Waals surface area contributed by atoms with E-state index in [1.165, 1.54) is 0 Å². The first-order chi connectivity index (χ1) is 6.29. The third-order valence-corrected chi connectivity index (χ3v) is 1.81. The molecule has 66 valence electrons. The lowest BCUT2D eigenvalue weighted by Crippen LogP contribution is -1.88. The summed E-state index contributed by atoms with van der Waals surface area (Å²) < 4.78 is 4.84. The van der Waals surface area contributed by atoms with E-state index in [1.54, 1.807) is 6.20 Å². The Morgan fingerprint density at radius 2 is 2.23 bits per heavy atom. The van der Waals surface area contributed by atoms with Gasteiger partial charge in [0, 0.05) is 6.20 Å². The van der Waals surface area contributed by atoms with Crippen molar-refractivity contribution >= 4 is 5.88 Å². The Morgan fingerprint density at radius 3 is 2.77 bits per heavy atom. The first kappa shape index (κ1) is 7.79. The summed E-state index contributed by atoms with van der Waals surface area (Å²) in [5, 5.41) is 3.75. The number of anilines is 1. The predicted octanol–water partition coefficient (Wildman–Crippen LogP) is 1.63. The van der Waals surface area contributed by atoms with E-state index in [1.807, 2.05) is 25.1 Å². The largest absolute Gasteiger partial charge is 0.367 e. The molecule has 4 nitrogen and oxygen atoms in total. The Bertz CT molecular complexity index is 389. The van der Waals surface area contributed by atoms with E-state index in [4.69, 9.17) is 10.3 Å². The zero-order valence-electron chi connectivity index (χ0n) is 7.19. The van der Waals surface area contributed by atoms with Crippen molar-refractivity contribution in [2.45, 2.75) is 6.92 Å². The van der Waals surface area contributed by atoms with E-state index < -0.39 is 0 Å². The standard InChI is InChI=1S/C9H9N3O/c1-6-8(9(10)13-12-6)7-4-2-3-5-11-7/h2-5H,10H2,1H3. The van der Waals surface area contributed by atoms with Crippen molar-refractivity contribution in [1.82, 2.24) is 10.1 Å². The van der Waals surface area contributed by atoms with Gasteiger partial charge < -0.3 is 10.3 Å². The third-order valence-electron chi connectivity index (χ3n) is 1.81. The first-order valence-corrected chi connectivity index (χ1v) is 3.92. The van der Waals surface area contributed by atoms with Gasteiger partial charge in [0.2, 0.25) is 5.88 Å². The summed E-state index contributed by atoms with van der Waals surface area (Å²) >= 11 is 0. The molecule has 0 aromatic carbocycles. The number of nitrogen functional groups attached to an aromatic ring is 1. The van der Waals surface area contributed by atoms with Gasteiger partial charge in [0.1, 0.15) is 0 Å². The number of hydrogen-bond acceptors (Lipinski definition) is 4. The second-order valence-corrected chi connectivity index (χ2v) is 2.72. The molecule has 2 N–H and O–H groups in total. The SMILES string of the molecule is Cc1noc(N)c1-c1ccccn1.